The molecule has 0 heterocycles. The van der Waals surface area contributed by atoms with Gasteiger partial charge in [0.25, 0.3) is 5.91 Å². The highest BCUT2D eigenvalue weighted by Gasteiger charge is 2.31. The molecular weight excluding hydrogens is 557 g/mol. The minimum atomic E-state index is -0.863. The molecule has 11 heteroatoms. The molecule has 0 unspecified atom stereocenters. The van der Waals surface area contributed by atoms with Crippen LogP contribution in [0.1, 0.15) is 25.0 Å². The van der Waals surface area contributed by atoms with Crippen molar-refractivity contribution in [1.29, 1.82) is 0 Å². The van der Waals surface area contributed by atoms with Gasteiger partial charge in [-0.15, -0.1) is 0 Å². The van der Waals surface area contributed by atoms with Crippen molar-refractivity contribution >= 4 is 40.7 Å². The van der Waals surface area contributed by atoms with E-state index in [4.69, 9.17) is 32.7 Å². The third kappa shape index (κ3) is 8.59. The molecule has 1 N–H and O–H groups in total. The van der Waals surface area contributed by atoms with Gasteiger partial charge in [-0.25, -0.2) is 0 Å². The second kappa shape index (κ2) is 14.5. The Labute approximate surface area is 243 Å². The largest absolute Gasteiger partial charge is 0.490 e. The Morgan fingerprint density at radius 3 is 2.35 bits per heavy atom. The Hall–Kier alpha value is -3.82. The lowest BCUT2D eigenvalue weighted by Crippen LogP contribution is -2.52. The number of nitrogens with one attached hydrogen (secondary N) is 1. The molecule has 0 aliphatic heterocycles. The van der Waals surface area contributed by atoms with Crippen molar-refractivity contribution < 1.29 is 24.0 Å². The summed E-state index contributed by atoms with van der Waals surface area (Å²) in [6.07, 6.45) is 0.267. The van der Waals surface area contributed by atoms with E-state index in [9.17, 15) is 19.7 Å². The first-order valence-corrected chi connectivity index (χ1v) is 13.3. The molecule has 0 saturated carbocycles. The van der Waals surface area contributed by atoms with Gasteiger partial charge in [0.2, 0.25) is 11.7 Å². The Morgan fingerprint density at radius 2 is 1.73 bits per heavy atom. The minimum Gasteiger partial charge on any atom is -0.490 e. The summed E-state index contributed by atoms with van der Waals surface area (Å²) in [5, 5.41) is 14.9. The van der Waals surface area contributed by atoms with Gasteiger partial charge in [0, 0.05) is 31.6 Å². The van der Waals surface area contributed by atoms with Gasteiger partial charge in [-0.1, -0.05) is 73.4 Å². The van der Waals surface area contributed by atoms with Gasteiger partial charge in [0.05, 0.1) is 22.1 Å². The fraction of sp³-hybridized carbons (Fsp3) is 0.310. The van der Waals surface area contributed by atoms with Crippen LogP contribution in [-0.2, 0) is 22.6 Å². The molecule has 0 spiro atoms. The van der Waals surface area contributed by atoms with E-state index >= 15 is 0 Å². The lowest BCUT2D eigenvalue weighted by Gasteiger charge is -2.31. The summed E-state index contributed by atoms with van der Waals surface area (Å²) < 4.78 is 10.8. The molecule has 0 fully saturated rings. The van der Waals surface area contributed by atoms with Crippen LogP contribution in [0.25, 0.3) is 0 Å². The van der Waals surface area contributed by atoms with Crippen molar-refractivity contribution in [2.75, 3.05) is 20.3 Å². The second-order valence-electron chi connectivity index (χ2n) is 9.49. The standard InChI is InChI=1S/C29H31Cl2N3O6/c1-19(2)16-32-29(36)26(14-20-7-5-4-6-8-20)33(17-21-9-11-23(30)24(31)13-21)28(35)18-40-22-10-12-25(34(37)38)27(15-22)39-3/h4-13,15,19,26H,14,16-18H2,1-3H3,(H,32,36)/t26-/m0/s1. The van der Waals surface area contributed by atoms with Crippen LogP contribution < -0.4 is 14.8 Å². The number of carbonyl (C=O) groups is 2. The fourth-order valence-electron chi connectivity index (χ4n) is 3.94. The van der Waals surface area contributed by atoms with Crippen LogP contribution in [0.15, 0.2) is 66.7 Å². The van der Waals surface area contributed by atoms with Crippen LogP contribution >= 0.6 is 23.2 Å². The molecule has 2 amide bonds. The number of amides is 2. The van der Waals surface area contributed by atoms with E-state index in [0.29, 0.717) is 22.2 Å². The Morgan fingerprint density at radius 1 is 1.00 bits per heavy atom. The first kappa shape index (κ1) is 30.7. The topological polar surface area (TPSA) is 111 Å². The first-order valence-electron chi connectivity index (χ1n) is 12.6. The highest BCUT2D eigenvalue weighted by Crippen LogP contribution is 2.31. The Balaban J connectivity index is 1.93. The number of benzene rings is 3. The lowest BCUT2D eigenvalue weighted by atomic mass is 10.0. The van der Waals surface area contributed by atoms with E-state index < -0.39 is 23.5 Å². The Bertz CT molecular complexity index is 1340. The van der Waals surface area contributed by atoms with Crippen LogP contribution in [0.2, 0.25) is 10.0 Å². The molecule has 0 aromatic heterocycles. The van der Waals surface area contributed by atoms with Crippen LogP contribution in [0.3, 0.4) is 0 Å². The molecule has 0 aliphatic carbocycles. The molecule has 40 heavy (non-hydrogen) atoms. The van der Waals surface area contributed by atoms with Crippen LogP contribution in [0.4, 0.5) is 5.69 Å². The summed E-state index contributed by atoms with van der Waals surface area (Å²) in [5.74, 6) is -0.361. The van der Waals surface area contributed by atoms with Crippen molar-refractivity contribution in [3.63, 3.8) is 0 Å². The molecule has 9 nitrogen and oxygen atoms in total. The SMILES string of the molecule is COc1cc(OCC(=O)N(Cc2ccc(Cl)c(Cl)c2)[C@@H](Cc2ccccc2)C(=O)NCC(C)C)ccc1[N+](=O)[O-]. The summed E-state index contributed by atoms with van der Waals surface area (Å²) in [5.41, 5.74) is 1.32. The number of nitro groups is 1. The summed E-state index contributed by atoms with van der Waals surface area (Å²) in [4.78, 5) is 39.3. The molecular formula is C29H31Cl2N3O6. The number of rotatable bonds is 13. The predicted octanol–water partition coefficient (Wildman–Crippen LogP) is 5.70. The monoisotopic (exact) mass is 587 g/mol. The van der Waals surface area contributed by atoms with Crippen LogP contribution in [0, 0.1) is 16.0 Å². The zero-order valence-electron chi connectivity index (χ0n) is 22.4. The molecule has 3 aromatic rings. The molecule has 0 aliphatic rings. The van der Waals surface area contributed by atoms with E-state index in [-0.39, 0.29) is 42.0 Å². The van der Waals surface area contributed by atoms with Crippen molar-refractivity contribution in [1.82, 2.24) is 10.2 Å². The number of nitro benzene ring substituents is 1. The number of hydrogen-bond acceptors (Lipinski definition) is 6. The summed E-state index contributed by atoms with van der Waals surface area (Å²) in [6, 6.07) is 17.5. The van der Waals surface area contributed by atoms with Crippen molar-refractivity contribution in [3.05, 3.63) is 98.0 Å². The number of nitrogens with zero attached hydrogens (tertiary/aromatic N) is 2. The number of carbonyl (C=O) groups excluding carboxylic acids is 2. The predicted molar refractivity (Wildman–Crippen MR) is 154 cm³/mol. The maximum absolute atomic E-state index is 13.7. The number of hydrogen-bond donors (Lipinski definition) is 1. The zero-order chi connectivity index (χ0) is 29.2. The van der Waals surface area contributed by atoms with E-state index in [1.54, 1.807) is 18.2 Å². The maximum atomic E-state index is 13.7. The van der Waals surface area contributed by atoms with Gasteiger partial charge in [-0.05, 0) is 35.2 Å². The molecule has 3 rings (SSSR count). The average Bonchev–Trinajstić information content (AvgIpc) is 2.94. The number of methoxy groups -OCH3 is 1. The van der Waals surface area contributed by atoms with E-state index in [0.717, 1.165) is 5.56 Å². The average molecular weight is 588 g/mol. The van der Waals surface area contributed by atoms with Gasteiger partial charge in [-0.2, -0.15) is 0 Å². The van der Waals surface area contributed by atoms with Gasteiger partial charge in [-0.3, -0.25) is 19.7 Å². The number of ether oxygens (including phenoxy) is 2. The molecule has 0 radical (unpaired) electrons. The molecule has 3 aromatic carbocycles. The van der Waals surface area contributed by atoms with E-state index in [1.807, 2.05) is 44.2 Å². The lowest BCUT2D eigenvalue weighted by molar-refractivity contribution is -0.385. The molecule has 0 saturated heterocycles. The highest BCUT2D eigenvalue weighted by atomic mass is 35.5. The van der Waals surface area contributed by atoms with Crippen LogP contribution in [-0.4, -0.2) is 47.9 Å². The molecule has 212 valence electrons. The Kier molecular flexibility index (Phi) is 11.2. The number of halogens is 2. The van der Waals surface area contributed by atoms with Gasteiger partial charge in [0.15, 0.2) is 6.61 Å². The van der Waals surface area contributed by atoms with E-state index in [2.05, 4.69) is 5.32 Å². The minimum absolute atomic E-state index is 0.00220. The summed E-state index contributed by atoms with van der Waals surface area (Å²) in [7, 11) is 1.31. The normalized spacial score (nSPS) is 11.6. The first-order chi connectivity index (χ1) is 19.1. The van der Waals surface area contributed by atoms with E-state index in [1.165, 1.54) is 30.2 Å². The molecule has 1 atom stereocenters. The second-order valence-corrected chi connectivity index (χ2v) is 10.3. The third-order valence-corrected chi connectivity index (χ3v) is 6.74. The zero-order valence-corrected chi connectivity index (χ0v) is 23.9. The van der Waals surface area contributed by atoms with Crippen molar-refractivity contribution in [2.45, 2.75) is 32.9 Å². The van der Waals surface area contributed by atoms with Crippen LogP contribution in [0.5, 0.6) is 11.5 Å². The maximum Gasteiger partial charge on any atom is 0.311 e. The van der Waals surface area contributed by atoms with Gasteiger partial charge < -0.3 is 19.7 Å². The van der Waals surface area contributed by atoms with Crippen molar-refractivity contribution in [3.8, 4) is 11.5 Å². The highest BCUT2D eigenvalue weighted by molar-refractivity contribution is 6.42. The molecule has 0 bridgehead atoms. The quantitative estimate of drug-likeness (QED) is 0.203. The summed E-state index contributed by atoms with van der Waals surface area (Å²) >= 11 is 12.3. The van der Waals surface area contributed by atoms with Gasteiger partial charge >= 0.3 is 5.69 Å². The third-order valence-electron chi connectivity index (χ3n) is 6.00. The fourth-order valence-corrected chi connectivity index (χ4v) is 4.26. The van der Waals surface area contributed by atoms with Crippen molar-refractivity contribution in [2.24, 2.45) is 5.92 Å². The van der Waals surface area contributed by atoms with Gasteiger partial charge in [0.1, 0.15) is 11.8 Å². The smallest absolute Gasteiger partial charge is 0.311 e. The summed E-state index contributed by atoms with van der Waals surface area (Å²) in [6.45, 7) is 4.05.